The van der Waals surface area contributed by atoms with Crippen LogP contribution in [0.25, 0.3) is 0 Å². The maximum atomic E-state index is 13.5. The molecule has 30 heavy (non-hydrogen) atoms. The standard InChI is InChI=1S/C27H31NO.ClH/c1-28(2)21-26(27(29)24-18-10-5-11-19-24)25(23-16-8-4-9-17-23)20-12-15-22-13-6-3-7-14-22;/h3-11,13-14,16-19,25-26H,12,15,20-21H2,1-2H3;1H/t25-,26-;/m1./s1. The molecule has 0 amide bonds. The maximum Gasteiger partial charge on any atom is 0.167 e. The van der Waals surface area contributed by atoms with Gasteiger partial charge in [-0.15, -0.1) is 12.4 Å². The molecule has 0 unspecified atom stereocenters. The number of rotatable bonds is 10. The lowest BCUT2D eigenvalue weighted by Crippen LogP contribution is -2.33. The summed E-state index contributed by atoms with van der Waals surface area (Å²) in [4.78, 5) is 15.6. The second kappa shape index (κ2) is 12.3. The van der Waals surface area contributed by atoms with E-state index in [4.69, 9.17) is 0 Å². The SMILES string of the molecule is CN(C)C[C@@H](C(=O)c1ccccc1)[C@H](CCCc1ccccc1)c1ccccc1.Cl. The van der Waals surface area contributed by atoms with Crippen molar-refractivity contribution < 1.29 is 4.79 Å². The monoisotopic (exact) mass is 421 g/mol. The minimum absolute atomic E-state index is 0. The Hall–Kier alpha value is -2.42. The first-order chi connectivity index (χ1) is 14.1. The summed E-state index contributed by atoms with van der Waals surface area (Å²) >= 11 is 0. The number of hydrogen-bond donors (Lipinski definition) is 0. The average molecular weight is 422 g/mol. The van der Waals surface area contributed by atoms with Crippen molar-refractivity contribution in [2.45, 2.75) is 25.2 Å². The zero-order chi connectivity index (χ0) is 20.5. The van der Waals surface area contributed by atoms with Crippen molar-refractivity contribution in [1.82, 2.24) is 4.90 Å². The van der Waals surface area contributed by atoms with Crippen molar-refractivity contribution in [3.05, 3.63) is 108 Å². The highest BCUT2D eigenvalue weighted by Gasteiger charge is 2.30. The van der Waals surface area contributed by atoms with Gasteiger partial charge < -0.3 is 4.90 Å². The Labute approximate surface area is 187 Å². The van der Waals surface area contributed by atoms with Crippen LogP contribution in [0.4, 0.5) is 0 Å². The molecule has 0 N–H and O–H groups in total. The molecule has 0 aliphatic heterocycles. The lowest BCUT2D eigenvalue weighted by Gasteiger charge is -2.29. The Morgan fingerprint density at radius 2 is 1.33 bits per heavy atom. The van der Waals surface area contributed by atoms with Gasteiger partial charge in [0.1, 0.15) is 0 Å². The van der Waals surface area contributed by atoms with Crippen molar-refractivity contribution in [3.8, 4) is 0 Å². The molecule has 0 heterocycles. The third kappa shape index (κ3) is 6.83. The Kier molecular flexibility index (Phi) is 9.79. The van der Waals surface area contributed by atoms with E-state index < -0.39 is 0 Å². The van der Waals surface area contributed by atoms with E-state index in [0.29, 0.717) is 0 Å². The van der Waals surface area contributed by atoms with Gasteiger partial charge in [0.15, 0.2) is 5.78 Å². The van der Waals surface area contributed by atoms with Crippen LogP contribution in [-0.2, 0) is 6.42 Å². The summed E-state index contributed by atoms with van der Waals surface area (Å²) in [6, 6.07) is 30.9. The second-order valence-electron chi connectivity index (χ2n) is 7.99. The molecule has 3 heteroatoms. The number of aryl methyl sites for hydroxylation is 1. The van der Waals surface area contributed by atoms with Crippen LogP contribution in [0.15, 0.2) is 91.0 Å². The number of ketones is 1. The Bertz CT molecular complexity index is 865. The summed E-state index contributed by atoms with van der Waals surface area (Å²) in [6.07, 6.45) is 3.10. The molecule has 3 aromatic rings. The third-order valence-electron chi connectivity index (χ3n) is 5.49. The Balaban J connectivity index is 0.00000320. The molecule has 0 fully saturated rings. The van der Waals surface area contributed by atoms with Crippen LogP contribution in [0, 0.1) is 5.92 Å². The maximum absolute atomic E-state index is 13.5. The smallest absolute Gasteiger partial charge is 0.167 e. The highest BCUT2D eigenvalue weighted by Crippen LogP contribution is 2.33. The zero-order valence-electron chi connectivity index (χ0n) is 17.9. The molecule has 0 aliphatic carbocycles. The minimum atomic E-state index is -0.0643. The van der Waals surface area contributed by atoms with Gasteiger partial charge in [0.25, 0.3) is 0 Å². The Morgan fingerprint density at radius 3 is 1.90 bits per heavy atom. The molecule has 0 spiro atoms. The van der Waals surface area contributed by atoms with Crippen LogP contribution in [0.3, 0.4) is 0 Å². The first kappa shape index (κ1) is 23.9. The highest BCUT2D eigenvalue weighted by molar-refractivity contribution is 5.98. The van der Waals surface area contributed by atoms with Crippen LogP contribution in [0.2, 0.25) is 0 Å². The van der Waals surface area contributed by atoms with Gasteiger partial charge in [-0.05, 0) is 50.4 Å². The van der Waals surface area contributed by atoms with Gasteiger partial charge in [-0.1, -0.05) is 91.0 Å². The van der Waals surface area contributed by atoms with Gasteiger partial charge >= 0.3 is 0 Å². The van der Waals surface area contributed by atoms with Crippen LogP contribution in [0.5, 0.6) is 0 Å². The first-order valence-corrected chi connectivity index (χ1v) is 10.5. The van der Waals surface area contributed by atoms with E-state index in [0.717, 1.165) is 31.4 Å². The Morgan fingerprint density at radius 1 is 0.800 bits per heavy atom. The lowest BCUT2D eigenvalue weighted by atomic mass is 9.78. The van der Waals surface area contributed by atoms with E-state index >= 15 is 0 Å². The fourth-order valence-corrected chi connectivity index (χ4v) is 4.07. The second-order valence-corrected chi connectivity index (χ2v) is 7.99. The van der Waals surface area contributed by atoms with E-state index in [1.54, 1.807) is 0 Å². The summed E-state index contributed by atoms with van der Waals surface area (Å²) in [5.74, 6) is 0.383. The fraction of sp³-hybridized carbons (Fsp3) is 0.296. The number of carbonyl (C=O) groups is 1. The fourth-order valence-electron chi connectivity index (χ4n) is 4.07. The minimum Gasteiger partial charge on any atom is -0.309 e. The topological polar surface area (TPSA) is 20.3 Å². The predicted octanol–water partition coefficient (Wildman–Crippen LogP) is 6.28. The van der Waals surface area contributed by atoms with Crippen molar-refractivity contribution in [2.24, 2.45) is 5.92 Å². The van der Waals surface area contributed by atoms with E-state index in [2.05, 4.69) is 73.6 Å². The summed E-state index contributed by atoms with van der Waals surface area (Å²) in [5, 5.41) is 0. The molecule has 2 atom stereocenters. The molecule has 2 nitrogen and oxygen atoms in total. The van der Waals surface area contributed by atoms with Crippen LogP contribution < -0.4 is 0 Å². The average Bonchev–Trinajstić information content (AvgIpc) is 2.77. The van der Waals surface area contributed by atoms with E-state index in [-0.39, 0.29) is 30.0 Å². The number of Topliss-reactive ketones (excluding diaryl/α,β-unsaturated/α-hetero) is 1. The lowest BCUT2D eigenvalue weighted by molar-refractivity contribution is 0.0868. The highest BCUT2D eigenvalue weighted by atomic mass is 35.5. The molecule has 3 aromatic carbocycles. The van der Waals surface area contributed by atoms with Gasteiger partial charge in [-0.3, -0.25) is 4.79 Å². The van der Waals surface area contributed by atoms with Crippen molar-refractivity contribution in [3.63, 3.8) is 0 Å². The number of benzene rings is 3. The van der Waals surface area contributed by atoms with Gasteiger partial charge in [0, 0.05) is 18.0 Å². The van der Waals surface area contributed by atoms with E-state index in [9.17, 15) is 4.79 Å². The van der Waals surface area contributed by atoms with Crippen molar-refractivity contribution in [2.75, 3.05) is 20.6 Å². The molecular weight excluding hydrogens is 390 g/mol. The zero-order valence-corrected chi connectivity index (χ0v) is 18.7. The molecule has 158 valence electrons. The molecule has 0 bridgehead atoms. The molecule has 0 saturated carbocycles. The van der Waals surface area contributed by atoms with Crippen molar-refractivity contribution in [1.29, 1.82) is 0 Å². The molecule has 0 aliphatic rings. The predicted molar refractivity (Wildman–Crippen MR) is 129 cm³/mol. The summed E-state index contributed by atoms with van der Waals surface area (Å²) in [6.45, 7) is 0.749. The largest absolute Gasteiger partial charge is 0.309 e. The molecule has 3 rings (SSSR count). The van der Waals surface area contributed by atoms with Crippen LogP contribution in [-0.4, -0.2) is 31.3 Å². The normalized spacial score (nSPS) is 12.8. The summed E-state index contributed by atoms with van der Waals surface area (Å²) < 4.78 is 0. The van der Waals surface area contributed by atoms with Gasteiger partial charge in [0.05, 0.1) is 0 Å². The van der Waals surface area contributed by atoms with Crippen LogP contribution in [0.1, 0.15) is 40.2 Å². The molecule has 0 radical (unpaired) electrons. The third-order valence-corrected chi connectivity index (χ3v) is 5.49. The molecule has 0 saturated heterocycles. The van der Waals surface area contributed by atoms with Gasteiger partial charge in [-0.25, -0.2) is 0 Å². The quantitative estimate of drug-likeness (QED) is 0.359. The van der Waals surface area contributed by atoms with E-state index in [1.807, 2.05) is 36.4 Å². The number of halogens is 1. The van der Waals surface area contributed by atoms with Crippen molar-refractivity contribution >= 4 is 18.2 Å². The van der Waals surface area contributed by atoms with E-state index in [1.165, 1.54) is 11.1 Å². The molecule has 0 aromatic heterocycles. The number of carbonyl (C=O) groups excluding carboxylic acids is 1. The number of nitrogens with zero attached hydrogens (tertiary/aromatic N) is 1. The summed E-state index contributed by atoms with van der Waals surface area (Å²) in [5.41, 5.74) is 3.43. The summed E-state index contributed by atoms with van der Waals surface area (Å²) in [7, 11) is 4.11. The van der Waals surface area contributed by atoms with Gasteiger partial charge in [0.2, 0.25) is 0 Å². The van der Waals surface area contributed by atoms with Crippen LogP contribution >= 0.6 is 12.4 Å². The molecular formula is C27H32ClNO. The van der Waals surface area contributed by atoms with Gasteiger partial charge in [-0.2, -0.15) is 0 Å². The first-order valence-electron chi connectivity index (χ1n) is 10.5. The number of hydrogen-bond acceptors (Lipinski definition) is 2.